The van der Waals surface area contributed by atoms with Crippen LogP contribution in [0.3, 0.4) is 0 Å². The molecule has 2 N–H and O–H groups in total. The van der Waals surface area contributed by atoms with Crippen LogP contribution >= 0.6 is 0 Å². The van der Waals surface area contributed by atoms with Gasteiger partial charge in [-0.3, -0.25) is 4.79 Å². The van der Waals surface area contributed by atoms with Gasteiger partial charge in [0.05, 0.1) is 12.6 Å². The Hall–Kier alpha value is -1.47. The summed E-state index contributed by atoms with van der Waals surface area (Å²) in [6, 6.07) is 0.236. The number of likely N-dealkylation sites (N-methyl/N-ethyl adjacent to an activating group) is 1. The molecule has 2 fully saturated rings. The number of aromatic nitrogens is 3. The van der Waals surface area contributed by atoms with Crippen molar-refractivity contribution in [2.24, 2.45) is 5.41 Å². The molecule has 2 saturated heterocycles. The molecule has 0 unspecified atom stereocenters. The molecule has 0 bridgehead atoms. The Balaban J connectivity index is 1.60. The lowest BCUT2D eigenvalue weighted by Crippen LogP contribution is -2.41. The van der Waals surface area contributed by atoms with Gasteiger partial charge in [0, 0.05) is 19.6 Å². The normalized spacial score (nSPS) is 23.6. The van der Waals surface area contributed by atoms with E-state index in [-0.39, 0.29) is 11.9 Å². The minimum atomic E-state index is -0.0616. The standard InChI is InChI=1S/C16H28N6O/c1-12(2)22-11-19-20-14(22)9-21(3)15(23)13-8-16(10-18-13)4-6-17-7-5-16/h11-13,17-18H,4-10H2,1-3H3/t13-/m0/s1. The first kappa shape index (κ1) is 16.4. The highest BCUT2D eigenvalue weighted by molar-refractivity contribution is 5.82. The maximum atomic E-state index is 12.8. The van der Waals surface area contributed by atoms with Crippen LogP contribution in [-0.2, 0) is 11.3 Å². The molecule has 0 aliphatic carbocycles. The van der Waals surface area contributed by atoms with Gasteiger partial charge in [-0.15, -0.1) is 10.2 Å². The zero-order chi connectivity index (χ0) is 16.4. The highest BCUT2D eigenvalue weighted by Crippen LogP contribution is 2.37. The van der Waals surface area contributed by atoms with E-state index in [4.69, 9.17) is 0 Å². The second-order valence-corrected chi connectivity index (χ2v) is 7.33. The van der Waals surface area contributed by atoms with Gasteiger partial charge in [0.2, 0.25) is 5.91 Å². The van der Waals surface area contributed by atoms with Crippen molar-refractivity contribution < 1.29 is 4.79 Å². The van der Waals surface area contributed by atoms with Crippen LogP contribution in [0.25, 0.3) is 0 Å². The minimum Gasteiger partial charge on any atom is -0.337 e. The lowest BCUT2D eigenvalue weighted by molar-refractivity contribution is -0.132. The number of amides is 1. The number of carbonyl (C=O) groups excluding carboxylic acids is 1. The number of hydrogen-bond acceptors (Lipinski definition) is 5. The first-order valence-corrected chi connectivity index (χ1v) is 8.58. The Morgan fingerprint density at radius 2 is 2.22 bits per heavy atom. The second kappa shape index (κ2) is 6.57. The molecule has 1 aromatic heterocycles. The first-order chi connectivity index (χ1) is 11.0. The molecule has 0 aromatic carbocycles. The zero-order valence-electron chi connectivity index (χ0n) is 14.4. The van der Waals surface area contributed by atoms with Gasteiger partial charge >= 0.3 is 0 Å². The smallest absolute Gasteiger partial charge is 0.239 e. The van der Waals surface area contributed by atoms with Gasteiger partial charge in [-0.05, 0) is 51.6 Å². The lowest BCUT2D eigenvalue weighted by Gasteiger charge is -2.33. The van der Waals surface area contributed by atoms with Gasteiger partial charge in [-0.2, -0.15) is 0 Å². The maximum absolute atomic E-state index is 12.8. The summed E-state index contributed by atoms with van der Waals surface area (Å²) < 4.78 is 2.01. The van der Waals surface area contributed by atoms with E-state index in [1.807, 2.05) is 11.6 Å². The van der Waals surface area contributed by atoms with Crippen LogP contribution in [0.4, 0.5) is 0 Å². The SMILES string of the molecule is CC(C)n1cnnc1CN(C)C(=O)[C@@H]1CC2(CCNCC2)CN1. The molecule has 1 aromatic rings. The van der Waals surface area contributed by atoms with E-state index in [0.717, 1.165) is 44.7 Å². The summed E-state index contributed by atoms with van der Waals surface area (Å²) in [4.78, 5) is 14.5. The fourth-order valence-corrected chi connectivity index (χ4v) is 3.80. The summed E-state index contributed by atoms with van der Waals surface area (Å²) in [5, 5.41) is 15.0. The molecule has 2 aliphatic rings. The Morgan fingerprint density at radius 1 is 1.48 bits per heavy atom. The fourth-order valence-electron chi connectivity index (χ4n) is 3.80. The monoisotopic (exact) mass is 320 g/mol. The number of nitrogens with one attached hydrogen (secondary N) is 2. The molecular weight excluding hydrogens is 292 g/mol. The van der Waals surface area contributed by atoms with Crippen molar-refractivity contribution in [2.75, 3.05) is 26.7 Å². The average molecular weight is 320 g/mol. The Morgan fingerprint density at radius 3 is 2.91 bits per heavy atom. The van der Waals surface area contributed by atoms with Crippen LogP contribution in [0.15, 0.2) is 6.33 Å². The van der Waals surface area contributed by atoms with E-state index in [9.17, 15) is 4.79 Å². The summed E-state index contributed by atoms with van der Waals surface area (Å²) in [6.07, 6.45) is 5.01. The van der Waals surface area contributed by atoms with Crippen molar-refractivity contribution in [1.82, 2.24) is 30.3 Å². The van der Waals surface area contributed by atoms with E-state index < -0.39 is 0 Å². The summed E-state index contributed by atoms with van der Waals surface area (Å²) in [6.45, 7) is 7.78. The Kier molecular flexibility index (Phi) is 4.68. The Bertz CT molecular complexity index is 549. The third kappa shape index (κ3) is 3.40. The van der Waals surface area contributed by atoms with E-state index in [1.54, 1.807) is 11.2 Å². The van der Waals surface area contributed by atoms with Crippen LogP contribution < -0.4 is 10.6 Å². The molecule has 0 radical (unpaired) electrons. The molecule has 3 heterocycles. The molecule has 3 rings (SSSR count). The molecule has 0 saturated carbocycles. The molecule has 1 atom stereocenters. The topological polar surface area (TPSA) is 75.1 Å². The summed E-state index contributed by atoms with van der Waals surface area (Å²) >= 11 is 0. The van der Waals surface area contributed by atoms with Gasteiger partial charge in [0.1, 0.15) is 6.33 Å². The Labute approximate surface area is 137 Å². The maximum Gasteiger partial charge on any atom is 0.239 e. The van der Waals surface area contributed by atoms with Gasteiger partial charge < -0.3 is 20.1 Å². The van der Waals surface area contributed by atoms with Crippen LogP contribution in [0.1, 0.15) is 45.0 Å². The molecule has 2 aliphatic heterocycles. The number of hydrogen-bond donors (Lipinski definition) is 2. The van der Waals surface area contributed by atoms with E-state index >= 15 is 0 Å². The fraction of sp³-hybridized carbons (Fsp3) is 0.812. The third-order valence-corrected chi connectivity index (χ3v) is 5.28. The molecule has 7 nitrogen and oxygen atoms in total. The van der Waals surface area contributed by atoms with Gasteiger partial charge in [-0.1, -0.05) is 0 Å². The van der Waals surface area contributed by atoms with Crippen molar-refractivity contribution in [3.05, 3.63) is 12.2 Å². The molecule has 23 heavy (non-hydrogen) atoms. The van der Waals surface area contributed by atoms with Crippen molar-refractivity contribution >= 4 is 5.91 Å². The largest absolute Gasteiger partial charge is 0.337 e. The van der Waals surface area contributed by atoms with Crippen molar-refractivity contribution in [3.63, 3.8) is 0 Å². The summed E-state index contributed by atoms with van der Waals surface area (Å²) in [5.74, 6) is 1.00. The zero-order valence-corrected chi connectivity index (χ0v) is 14.4. The van der Waals surface area contributed by atoms with Crippen LogP contribution in [0, 0.1) is 5.41 Å². The van der Waals surface area contributed by atoms with Crippen molar-refractivity contribution in [2.45, 2.75) is 51.7 Å². The van der Waals surface area contributed by atoms with Crippen molar-refractivity contribution in [3.8, 4) is 0 Å². The van der Waals surface area contributed by atoms with Crippen LogP contribution in [0.2, 0.25) is 0 Å². The first-order valence-electron chi connectivity index (χ1n) is 8.58. The van der Waals surface area contributed by atoms with E-state index in [0.29, 0.717) is 18.0 Å². The van der Waals surface area contributed by atoms with Crippen molar-refractivity contribution in [1.29, 1.82) is 0 Å². The molecule has 1 spiro atoms. The summed E-state index contributed by atoms with van der Waals surface area (Å²) in [7, 11) is 1.86. The number of nitrogens with zero attached hydrogens (tertiary/aromatic N) is 4. The number of rotatable bonds is 4. The second-order valence-electron chi connectivity index (χ2n) is 7.33. The van der Waals surface area contributed by atoms with Gasteiger partial charge in [0.25, 0.3) is 0 Å². The minimum absolute atomic E-state index is 0.0616. The van der Waals surface area contributed by atoms with Gasteiger partial charge in [0.15, 0.2) is 5.82 Å². The molecule has 1 amide bonds. The number of carbonyl (C=O) groups is 1. The molecule has 128 valence electrons. The predicted molar refractivity (Wildman–Crippen MR) is 87.8 cm³/mol. The molecule has 7 heteroatoms. The predicted octanol–water partition coefficient (Wildman–Crippen LogP) is 0.549. The van der Waals surface area contributed by atoms with Crippen LogP contribution in [-0.4, -0.2) is 58.3 Å². The highest BCUT2D eigenvalue weighted by atomic mass is 16.2. The molecular formula is C16H28N6O. The summed E-state index contributed by atoms with van der Waals surface area (Å²) in [5.41, 5.74) is 0.310. The van der Waals surface area contributed by atoms with E-state index in [1.165, 1.54) is 0 Å². The van der Waals surface area contributed by atoms with E-state index in [2.05, 4.69) is 34.7 Å². The highest BCUT2D eigenvalue weighted by Gasteiger charge is 2.42. The van der Waals surface area contributed by atoms with Crippen LogP contribution in [0.5, 0.6) is 0 Å². The lowest BCUT2D eigenvalue weighted by atomic mass is 9.77. The number of piperidine rings is 1. The third-order valence-electron chi connectivity index (χ3n) is 5.28. The quantitative estimate of drug-likeness (QED) is 0.847. The average Bonchev–Trinajstić information content (AvgIpc) is 3.15. The van der Waals surface area contributed by atoms with Gasteiger partial charge in [-0.25, -0.2) is 0 Å².